The smallest absolute Gasteiger partial charge is 0.307 e. The maximum Gasteiger partial charge on any atom is 0.307 e. The van der Waals surface area contributed by atoms with Gasteiger partial charge in [-0.1, -0.05) is 6.92 Å². The van der Waals surface area contributed by atoms with Crippen LogP contribution in [0.25, 0.3) is 0 Å². The summed E-state index contributed by atoms with van der Waals surface area (Å²) in [5.74, 6) is -0.892. The van der Waals surface area contributed by atoms with E-state index in [0.717, 1.165) is 0 Å². The minimum atomic E-state index is -2.88. The molecule has 88 valence electrons. The van der Waals surface area contributed by atoms with E-state index >= 15 is 0 Å². The van der Waals surface area contributed by atoms with Gasteiger partial charge in [-0.05, 0) is 12.8 Å². The Labute approximate surface area is 89.8 Å². The molecule has 1 aliphatic heterocycles. The average molecular weight is 235 g/mol. The molecule has 1 fully saturated rings. The highest BCUT2D eigenvalue weighted by molar-refractivity contribution is 7.91. The van der Waals surface area contributed by atoms with Gasteiger partial charge in [0.25, 0.3) is 0 Å². The second-order valence-corrected chi connectivity index (χ2v) is 6.18. The third-order valence-corrected chi connectivity index (χ3v) is 4.50. The maximum absolute atomic E-state index is 11.1. The van der Waals surface area contributed by atoms with E-state index in [1.54, 1.807) is 0 Å². The van der Waals surface area contributed by atoms with Crippen molar-refractivity contribution in [2.24, 2.45) is 5.92 Å². The highest BCUT2D eigenvalue weighted by Gasteiger charge is 2.28. The molecule has 2 N–H and O–H groups in total. The van der Waals surface area contributed by atoms with Crippen LogP contribution in [0.2, 0.25) is 0 Å². The first-order valence-corrected chi connectivity index (χ1v) is 6.93. The monoisotopic (exact) mass is 235 g/mol. The van der Waals surface area contributed by atoms with Crippen LogP contribution in [-0.4, -0.2) is 43.6 Å². The summed E-state index contributed by atoms with van der Waals surface area (Å²) in [6.45, 7) is 2.16. The number of hydrogen-bond donors (Lipinski definition) is 2. The van der Waals surface area contributed by atoms with Gasteiger partial charge in [0.1, 0.15) is 0 Å². The molecule has 15 heavy (non-hydrogen) atoms. The first kappa shape index (κ1) is 12.4. The predicted octanol–water partition coefficient (Wildman–Crippen LogP) is -0.126. The molecule has 0 spiro atoms. The zero-order valence-electron chi connectivity index (χ0n) is 8.77. The van der Waals surface area contributed by atoms with Gasteiger partial charge in [-0.25, -0.2) is 8.42 Å². The summed E-state index contributed by atoms with van der Waals surface area (Å²) in [5.41, 5.74) is 0. The highest BCUT2D eigenvalue weighted by atomic mass is 32.2. The molecule has 0 bridgehead atoms. The lowest BCUT2D eigenvalue weighted by molar-refractivity contribution is -0.141. The van der Waals surface area contributed by atoms with E-state index in [1.165, 1.54) is 0 Å². The standard InChI is InChI=1S/C9H17NO4S/c1-2-7(9(11)12)5-10-8-3-4-15(13,14)6-8/h7-8,10H,2-6H2,1H3,(H,11,12). The predicted molar refractivity (Wildman–Crippen MR) is 56.5 cm³/mol. The summed E-state index contributed by atoms with van der Waals surface area (Å²) in [6, 6.07) is -0.0663. The van der Waals surface area contributed by atoms with E-state index in [-0.39, 0.29) is 17.5 Å². The summed E-state index contributed by atoms with van der Waals surface area (Å²) < 4.78 is 22.3. The number of hydrogen-bond acceptors (Lipinski definition) is 4. The van der Waals surface area contributed by atoms with Crippen molar-refractivity contribution >= 4 is 15.8 Å². The molecule has 6 heteroatoms. The molecule has 2 atom stereocenters. The normalized spacial score (nSPS) is 26.3. The summed E-state index contributed by atoms with van der Waals surface area (Å²) in [4.78, 5) is 10.7. The molecule has 0 aromatic rings. The van der Waals surface area contributed by atoms with Crippen LogP contribution in [0.4, 0.5) is 0 Å². The Bertz CT molecular complexity index is 325. The van der Waals surface area contributed by atoms with Crippen LogP contribution in [0, 0.1) is 5.92 Å². The quantitative estimate of drug-likeness (QED) is 0.693. The van der Waals surface area contributed by atoms with Crippen molar-refractivity contribution < 1.29 is 18.3 Å². The Morgan fingerprint density at radius 2 is 2.27 bits per heavy atom. The SMILES string of the molecule is CCC(CNC1CCS(=O)(=O)C1)C(=O)O. The Hall–Kier alpha value is -0.620. The molecule has 5 nitrogen and oxygen atoms in total. The van der Waals surface area contributed by atoms with Crippen molar-refractivity contribution in [3.63, 3.8) is 0 Å². The number of nitrogens with one attached hydrogen (secondary N) is 1. The number of carboxylic acids is 1. The van der Waals surface area contributed by atoms with Crippen molar-refractivity contribution in [3.8, 4) is 0 Å². The molecule has 0 aromatic heterocycles. The topological polar surface area (TPSA) is 83.5 Å². The lowest BCUT2D eigenvalue weighted by Crippen LogP contribution is -2.36. The summed E-state index contributed by atoms with van der Waals surface area (Å²) in [6.07, 6.45) is 1.15. The van der Waals surface area contributed by atoms with Gasteiger partial charge < -0.3 is 10.4 Å². The van der Waals surface area contributed by atoms with E-state index in [4.69, 9.17) is 5.11 Å². The van der Waals surface area contributed by atoms with Gasteiger partial charge in [0, 0.05) is 12.6 Å². The van der Waals surface area contributed by atoms with E-state index in [0.29, 0.717) is 19.4 Å². The molecule has 0 aromatic carbocycles. The average Bonchev–Trinajstić information content (AvgIpc) is 2.46. The van der Waals surface area contributed by atoms with Gasteiger partial charge in [0.15, 0.2) is 9.84 Å². The maximum atomic E-state index is 11.1. The van der Waals surface area contributed by atoms with Crippen molar-refractivity contribution in [1.82, 2.24) is 5.32 Å². The van der Waals surface area contributed by atoms with Gasteiger partial charge in [0.05, 0.1) is 17.4 Å². The molecule has 1 saturated heterocycles. The zero-order chi connectivity index (χ0) is 11.5. The summed E-state index contributed by atoms with van der Waals surface area (Å²) in [5, 5.41) is 11.8. The van der Waals surface area contributed by atoms with Gasteiger partial charge >= 0.3 is 5.97 Å². The Morgan fingerprint density at radius 1 is 1.60 bits per heavy atom. The third kappa shape index (κ3) is 3.79. The minimum absolute atomic E-state index is 0.0663. The fourth-order valence-electron chi connectivity index (χ4n) is 1.67. The van der Waals surface area contributed by atoms with Crippen LogP contribution in [0.1, 0.15) is 19.8 Å². The van der Waals surface area contributed by atoms with Crippen molar-refractivity contribution in [3.05, 3.63) is 0 Å². The van der Waals surface area contributed by atoms with Crippen LogP contribution >= 0.6 is 0 Å². The van der Waals surface area contributed by atoms with Crippen LogP contribution in [0.3, 0.4) is 0 Å². The molecule has 0 radical (unpaired) electrons. The molecule has 0 aliphatic carbocycles. The number of rotatable bonds is 5. The Kier molecular flexibility index (Phi) is 4.10. The lowest BCUT2D eigenvalue weighted by Gasteiger charge is -2.14. The van der Waals surface area contributed by atoms with Gasteiger partial charge in [-0.15, -0.1) is 0 Å². The van der Waals surface area contributed by atoms with Crippen LogP contribution < -0.4 is 5.32 Å². The van der Waals surface area contributed by atoms with Crippen LogP contribution in [0.15, 0.2) is 0 Å². The molecule has 1 rings (SSSR count). The van der Waals surface area contributed by atoms with Gasteiger partial charge in [-0.3, -0.25) is 4.79 Å². The van der Waals surface area contributed by atoms with E-state index in [9.17, 15) is 13.2 Å². The molecule has 1 heterocycles. The first-order valence-electron chi connectivity index (χ1n) is 5.11. The number of carbonyl (C=O) groups is 1. The zero-order valence-corrected chi connectivity index (χ0v) is 9.59. The molecule has 0 saturated carbocycles. The van der Waals surface area contributed by atoms with E-state index in [1.807, 2.05) is 6.92 Å². The highest BCUT2D eigenvalue weighted by Crippen LogP contribution is 2.12. The second-order valence-electron chi connectivity index (χ2n) is 3.95. The number of carboxylic acid groups (broad SMARTS) is 1. The van der Waals surface area contributed by atoms with Crippen molar-refractivity contribution in [2.45, 2.75) is 25.8 Å². The first-order chi connectivity index (χ1) is 6.94. The lowest BCUT2D eigenvalue weighted by atomic mass is 10.1. The molecule has 2 unspecified atom stereocenters. The number of sulfone groups is 1. The van der Waals surface area contributed by atoms with E-state index in [2.05, 4.69) is 5.32 Å². The Balaban J connectivity index is 2.35. The fourth-order valence-corrected chi connectivity index (χ4v) is 3.38. The molecule has 1 aliphatic rings. The Morgan fingerprint density at radius 3 is 2.67 bits per heavy atom. The molecular formula is C9H17NO4S. The molecular weight excluding hydrogens is 218 g/mol. The van der Waals surface area contributed by atoms with Gasteiger partial charge in [-0.2, -0.15) is 0 Å². The van der Waals surface area contributed by atoms with Crippen LogP contribution in [-0.2, 0) is 14.6 Å². The summed E-state index contributed by atoms with van der Waals surface area (Å²) >= 11 is 0. The van der Waals surface area contributed by atoms with E-state index < -0.39 is 21.7 Å². The number of aliphatic carboxylic acids is 1. The van der Waals surface area contributed by atoms with Crippen LogP contribution in [0.5, 0.6) is 0 Å². The fraction of sp³-hybridized carbons (Fsp3) is 0.889. The second kappa shape index (κ2) is 4.94. The summed E-state index contributed by atoms with van der Waals surface area (Å²) in [7, 11) is -2.88. The largest absolute Gasteiger partial charge is 0.481 e. The van der Waals surface area contributed by atoms with Gasteiger partial charge in [0.2, 0.25) is 0 Å². The van der Waals surface area contributed by atoms with Crippen molar-refractivity contribution in [1.29, 1.82) is 0 Å². The molecule has 0 amide bonds. The minimum Gasteiger partial charge on any atom is -0.481 e. The van der Waals surface area contributed by atoms with Crippen molar-refractivity contribution in [2.75, 3.05) is 18.1 Å². The third-order valence-electron chi connectivity index (χ3n) is 2.73.